The number of rotatable bonds is 2. The molecule has 0 fully saturated rings. The first-order chi connectivity index (χ1) is 7.52. The van der Waals surface area contributed by atoms with E-state index in [1.165, 1.54) is 6.20 Å². The first-order valence-corrected chi connectivity index (χ1v) is 4.87. The van der Waals surface area contributed by atoms with Crippen molar-refractivity contribution in [2.45, 2.75) is 13.8 Å². The summed E-state index contributed by atoms with van der Waals surface area (Å²) < 4.78 is 0. The summed E-state index contributed by atoms with van der Waals surface area (Å²) in [6, 6.07) is 3.65. The van der Waals surface area contributed by atoms with E-state index in [4.69, 9.17) is 5.11 Å². The summed E-state index contributed by atoms with van der Waals surface area (Å²) in [6.45, 7) is 3.90. The molecule has 2 aromatic rings. The van der Waals surface area contributed by atoms with Crippen LogP contribution in [-0.2, 0) is 4.79 Å². The number of fused-ring (bicyclic) bond motifs is 1. The Morgan fingerprint density at radius 3 is 2.56 bits per heavy atom. The number of carboxylic acid groups (broad SMARTS) is 1. The number of carbonyl (C=O) groups is 2. The van der Waals surface area contributed by atoms with Gasteiger partial charge in [0.15, 0.2) is 0 Å². The molecule has 1 aromatic heterocycles. The highest BCUT2D eigenvalue weighted by Gasteiger charge is 2.19. The molecular weight excluding hydrogens is 206 g/mol. The monoisotopic (exact) mass is 217 g/mol. The second-order valence-electron chi connectivity index (χ2n) is 3.77. The highest BCUT2D eigenvalue weighted by Crippen LogP contribution is 2.24. The van der Waals surface area contributed by atoms with Gasteiger partial charge in [-0.3, -0.25) is 4.79 Å². The number of carboxylic acids is 1. The van der Waals surface area contributed by atoms with Gasteiger partial charge >= 0.3 is 5.97 Å². The number of hydrogen-bond donors (Lipinski definition) is 2. The molecule has 0 atom stereocenters. The van der Waals surface area contributed by atoms with Crippen LogP contribution in [0.25, 0.3) is 10.9 Å². The first-order valence-electron chi connectivity index (χ1n) is 4.87. The molecule has 1 heterocycles. The highest BCUT2D eigenvalue weighted by molar-refractivity contribution is 6.42. The van der Waals surface area contributed by atoms with Gasteiger partial charge in [0, 0.05) is 17.1 Å². The van der Waals surface area contributed by atoms with Gasteiger partial charge in [-0.15, -0.1) is 0 Å². The lowest BCUT2D eigenvalue weighted by Crippen LogP contribution is -2.11. The van der Waals surface area contributed by atoms with Crippen molar-refractivity contribution in [1.29, 1.82) is 0 Å². The quantitative estimate of drug-likeness (QED) is 0.597. The van der Waals surface area contributed by atoms with Crippen molar-refractivity contribution >= 4 is 22.7 Å². The second kappa shape index (κ2) is 3.48. The van der Waals surface area contributed by atoms with Crippen molar-refractivity contribution in [2.24, 2.45) is 0 Å². The van der Waals surface area contributed by atoms with Crippen molar-refractivity contribution in [3.63, 3.8) is 0 Å². The van der Waals surface area contributed by atoms with Gasteiger partial charge < -0.3 is 10.1 Å². The Morgan fingerprint density at radius 2 is 1.94 bits per heavy atom. The molecule has 0 amide bonds. The lowest BCUT2D eigenvalue weighted by Gasteiger charge is -2.01. The maximum atomic E-state index is 11.4. The standard InChI is InChI=1S/C12H11NO3/c1-6-3-4-8-9(11(14)12(15)16)5-13-10(8)7(6)2/h3-5,13H,1-2H3,(H,15,16). The minimum Gasteiger partial charge on any atom is -0.475 e. The van der Waals surface area contributed by atoms with Gasteiger partial charge in [-0.2, -0.15) is 0 Å². The van der Waals surface area contributed by atoms with Crippen LogP contribution in [0.3, 0.4) is 0 Å². The van der Waals surface area contributed by atoms with Crippen LogP contribution in [0.5, 0.6) is 0 Å². The second-order valence-corrected chi connectivity index (χ2v) is 3.77. The summed E-state index contributed by atoms with van der Waals surface area (Å²) in [5.74, 6) is -2.31. The van der Waals surface area contributed by atoms with Gasteiger partial charge in [-0.05, 0) is 25.0 Å². The van der Waals surface area contributed by atoms with Crippen molar-refractivity contribution in [2.75, 3.05) is 0 Å². The molecule has 0 saturated heterocycles. The van der Waals surface area contributed by atoms with Crippen LogP contribution in [0.4, 0.5) is 0 Å². The van der Waals surface area contributed by atoms with Gasteiger partial charge in [-0.1, -0.05) is 12.1 Å². The van der Waals surface area contributed by atoms with Gasteiger partial charge in [0.05, 0.1) is 5.56 Å². The van der Waals surface area contributed by atoms with E-state index in [1.807, 2.05) is 19.9 Å². The zero-order valence-electron chi connectivity index (χ0n) is 9.00. The summed E-state index contributed by atoms with van der Waals surface area (Å²) in [6.07, 6.45) is 1.45. The number of aliphatic carboxylic acids is 1. The Hall–Kier alpha value is -2.10. The third kappa shape index (κ3) is 1.39. The third-order valence-corrected chi connectivity index (χ3v) is 2.83. The molecule has 2 rings (SSSR count). The average Bonchev–Trinajstić information content (AvgIpc) is 2.66. The highest BCUT2D eigenvalue weighted by atomic mass is 16.4. The molecule has 0 aliphatic rings. The van der Waals surface area contributed by atoms with Crippen LogP contribution in [-0.4, -0.2) is 21.8 Å². The molecule has 2 N–H and O–H groups in total. The molecule has 16 heavy (non-hydrogen) atoms. The van der Waals surface area contributed by atoms with Crippen molar-refractivity contribution in [1.82, 2.24) is 4.98 Å². The van der Waals surface area contributed by atoms with Crippen LogP contribution in [0, 0.1) is 13.8 Å². The van der Waals surface area contributed by atoms with E-state index >= 15 is 0 Å². The largest absolute Gasteiger partial charge is 0.475 e. The number of benzene rings is 1. The number of aryl methyl sites for hydroxylation is 2. The van der Waals surface area contributed by atoms with E-state index in [2.05, 4.69) is 4.98 Å². The molecule has 0 spiro atoms. The van der Waals surface area contributed by atoms with E-state index in [0.29, 0.717) is 5.39 Å². The molecule has 0 unspecified atom stereocenters. The van der Waals surface area contributed by atoms with Crippen LogP contribution >= 0.6 is 0 Å². The van der Waals surface area contributed by atoms with E-state index in [1.54, 1.807) is 6.07 Å². The Morgan fingerprint density at radius 1 is 1.25 bits per heavy atom. The number of H-pyrrole nitrogens is 1. The van der Waals surface area contributed by atoms with Crippen molar-refractivity contribution in [3.8, 4) is 0 Å². The van der Waals surface area contributed by atoms with E-state index in [0.717, 1.165) is 16.6 Å². The maximum absolute atomic E-state index is 11.4. The normalized spacial score (nSPS) is 10.6. The smallest absolute Gasteiger partial charge is 0.377 e. The number of aromatic amines is 1. The van der Waals surface area contributed by atoms with E-state index in [-0.39, 0.29) is 5.56 Å². The van der Waals surface area contributed by atoms with Gasteiger partial charge in [0.1, 0.15) is 0 Å². The average molecular weight is 217 g/mol. The number of hydrogen-bond acceptors (Lipinski definition) is 2. The summed E-state index contributed by atoms with van der Waals surface area (Å²) in [5.41, 5.74) is 3.17. The van der Waals surface area contributed by atoms with E-state index in [9.17, 15) is 9.59 Å². The number of ketones is 1. The fourth-order valence-corrected chi connectivity index (χ4v) is 1.75. The molecule has 82 valence electrons. The third-order valence-electron chi connectivity index (χ3n) is 2.83. The zero-order valence-corrected chi connectivity index (χ0v) is 9.00. The predicted octanol–water partition coefficient (Wildman–Crippen LogP) is 2.05. The maximum Gasteiger partial charge on any atom is 0.377 e. The molecule has 4 heteroatoms. The lowest BCUT2D eigenvalue weighted by atomic mass is 10.0. The van der Waals surface area contributed by atoms with Gasteiger partial charge in [0.2, 0.25) is 0 Å². The topological polar surface area (TPSA) is 70.2 Å². The van der Waals surface area contributed by atoms with Gasteiger partial charge in [-0.25, -0.2) is 4.79 Å². The Bertz CT molecular complexity index is 596. The summed E-state index contributed by atoms with van der Waals surface area (Å²) in [5, 5.41) is 9.34. The number of nitrogens with one attached hydrogen (secondary N) is 1. The Kier molecular flexibility index (Phi) is 2.27. The number of aromatic nitrogens is 1. The Labute approximate surface area is 91.9 Å². The summed E-state index contributed by atoms with van der Waals surface area (Å²) in [7, 11) is 0. The molecule has 0 aliphatic carbocycles. The predicted molar refractivity (Wildman–Crippen MR) is 59.7 cm³/mol. The number of Topliss-reactive ketones (excluding diaryl/α,β-unsaturated/α-hetero) is 1. The fourth-order valence-electron chi connectivity index (χ4n) is 1.75. The molecule has 1 aromatic carbocycles. The van der Waals surface area contributed by atoms with E-state index < -0.39 is 11.8 Å². The summed E-state index contributed by atoms with van der Waals surface area (Å²) in [4.78, 5) is 25.0. The van der Waals surface area contributed by atoms with Crippen LogP contribution in [0.15, 0.2) is 18.3 Å². The molecule has 0 saturated carbocycles. The van der Waals surface area contributed by atoms with Crippen molar-refractivity contribution < 1.29 is 14.7 Å². The molecule has 0 bridgehead atoms. The molecular formula is C12H11NO3. The van der Waals surface area contributed by atoms with Crippen molar-refractivity contribution in [3.05, 3.63) is 35.0 Å². The lowest BCUT2D eigenvalue weighted by molar-refractivity contribution is -0.131. The molecule has 4 nitrogen and oxygen atoms in total. The van der Waals surface area contributed by atoms with Crippen LogP contribution in [0.1, 0.15) is 21.5 Å². The minimum atomic E-state index is -1.43. The minimum absolute atomic E-state index is 0.214. The fraction of sp³-hybridized carbons (Fsp3) is 0.167. The summed E-state index contributed by atoms with van der Waals surface area (Å²) >= 11 is 0. The zero-order chi connectivity index (χ0) is 11.9. The molecule has 0 aliphatic heterocycles. The SMILES string of the molecule is Cc1ccc2c(C(=O)C(=O)O)c[nH]c2c1C. The molecule has 0 radical (unpaired) electrons. The van der Waals surface area contributed by atoms with Gasteiger partial charge in [0.25, 0.3) is 5.78 Å². The number of carbonyl (C=O) groups excluding carboxylic acids is 1. The Balaban J connectivity index is 2.72. The van der Waals surface area contributed by atoms with Crippen LogP contribution < -0.4 is 0 Å². The van der Waals surface area contributed by atoms with Crippen LogP contribution in [0.2, 0.25) is 0 Å². The first kappa shape index (κ1) is 10.4.